The van der Waals surface area contributed by atoms with Gasteiger partial charge in [-0.3, -0.25) is 5.32 Å². The lowest BCUT2D eigenvalue weighted by atomic mass is 9.83. The average molecular weight is 451 g/mol. The molecule has 168 valence electrons. The molecule has 2 aromatic rings. The molecule has 0 bridgehead atoms. The van der Waals surface area contributed by atoms with Crippen LogP contribution >= 0.6 is 11.6 Å². The number of carbonyl (C=O) groups excluding carboxylic acids is 1. The minimum absolute atomic E-state index is 0.169. The number of amides is 2. The van der Waals surface area contributed by atoms with Crippen molar-refractivity contribution in [2.75, 3.05) is 44.1 Å². The molecule has 0 radical (unpaired) electrons. The number of hydrogen-bond donors (Lipinski definition) is 2. The number of urea groups is 1. The van der Waals surface area contributed by atoms with Crippen molar-refractivity contribution in [1.82, 2.24) is 10.5 Å². The molecule has 2 amide bonds. The highest BCUT2D eigenvalue weighted by Crippen LogP contribution is 2.42. The highest BCUT2D eigenvalue weighted by molar-refractivity contribution is 6.31. The summed E-state index contributed by atoms with van der Waals surface area (Å²) in [6, 6.07) is 7.14. The van der Waals surface area contributed by atoms with Crippen LogP contribution in [0.5, 0.6) is 5.75 Å². The SMILES string of the molecule is COC(CNC(=O)Nc1cc(N2CCC3(CCc4c(Cl)cccc4O3)CC2)no1)OC. The third kappa shape index (κ3) is 4.89. The van der Waals surface area contributed by atoms with Gasteiger partial charge in [-0.05, 0) is 25.0 Å². The number of nitrogens with zero attached hydrogens (tertiary/aromatic N) is 2. The number of piperidine rings is 1. The molecule has 0 unspecified atom stereocenters. The number of fused-ring (bicyclic) bond motifs is 1. The van der Waals surface area contributed by atoms with Crippen molar-refractivity contribution in [2.24, 2.45) is 0 Å². The number of anilines is 2. The van der Waals surface area contributed by atoms with E-state index in [1.54, 1.807) is 6.07 Å². The van der Waals surface area contributed by atoms with Crippen molar-refractivity contribution in [3.8, 4) is 5.75 Å². The first-order chi connectivity index (χ1) is 15.0. The lowest BCUT2D eigenvalue weighted by Gasteiger charge is -2.44. The van der Waals surface area contributed by atoms with Gasteiger partial charge in [0.1, 0.15) is 11.4 Å². The Balaban J connectivity index is 1.30. The van der Waals surface area contributed by atoms with Gasteiger partial charge in [0.05, 0.1) is 6.54 Å². The zero-order valence-corrected chi connectivity index (χ0v) is 18.4. The van der Waals surface area contributed by atoms with E-state index < -0.39 is 12.3 Å². The molecule has 1 aromatic carbocycles. The smallest absolute Gasteiger partial charge is 0.321 e. The van der Waals surface area contributed by atoms with Gasteiger partial charge in [-0.25, -0.2) is 4.79 Å². The van der Waals surface area contributed by atoms with Crippen LogP contribution in [0.1, 0.15) is 24.8 Å². The molecule has 0 saturated carbocycles. The van der Waals surface area contributed by atoms with Crippen LogP contribution in [-0.4, -0.2) is 56.9 Å². The van der Waals surface area contributed by atoms with E-state index >= 15 is 0 Å². The van der Waals surface area contributed by atoms with Gasteiger partial charge >= 0.3 is 6.03 Å². The number of nitrogens with one attached hydrogen (secondary N) is 2. The Morgan fingerprint density at radius 3 is 2.81 bits per heavy atom. The van der Waals surface area contributed by atoms with Gasteiger partial charge in [0.15, 0.2) is 12.1 Å². The maximum atomic E-state index is 12.0. The van der Waals surface area contributed by atoms with Crippen molar-refractivity contribution >= 4 is 29.3 Å². The fourth-order valence-corrected chi connectivity index (χ4v) is 4.34. The summed E-state index contributed by atoms with van der Waals surface area (Å²) in [6.45, 7) is 1.79. The molecule has 1 fully saturated rings. The van der Waals surface area contributed by atoms with Crippen LogP contribution in [0.2, 0.25) is 5.02 Å². The summed E-state index contributed by atoms with van der Waals surface area (Å²) in [4.78, 5) is 14.1. The molecule has 31 heavy (non-hydrogen) atoms. The number of hydrogen-bond acceptors (Lipinski definition) is 7. The second-order valence-corrected chi connectivity index (χ2v) is 8.18. The molecule has 2 N–H and O–H groups in total. The van der Waals surface area contributed by atoms with Gasteiger partial charge < -0.3 is 29.0 Å². The minimum Gasteiger partial charge on any atom is -0.487 e. The van der Waals surface area contributed by atoms with Gasteiger partial charge in [-0.15, -0.1) is 0 Å². The molecule has 0 aliphatic carbocycles. The average Bonchev–Trinajstić information content (AvgIpc) is 3.23. The quantitative estimate of drug-likeness (QED) is 0.650. The molecule has 9 nitrogen and oxygen atoms in total. The fraction of sp³-hybridized carbons (Fsp3) is 0.524. The molecule has 0 atom stereocenters. The first-order valence-electron chi connectivity index (χ1n) is 10.3. The van der Waals surface area contributed by atoms with E-state index in [1.165, 1.54) is 14.2 Å². The van der Waals surface area contributed by atoms with Crippen molar-refractivity contribution < 1.29 is 23.5 Å². The Bertz CT molecular complexity index is 909. The van der Waals surface area contributed by atoms with E-state index in [9.17, 15) is 4.79 Å². The maximum absolute atomic E-state index is 12.0. The van der Waals surface area contributed by atoms with Crippen LogP contribution in [0.15, 0.2) is 28.8 Å². The van der Waals surface area contributed by atoms with Gasteiger partial charge in [0.2, 0.25) is 5.88 Å². The second-order valence-electron chi connectivity index (χ2n) is 7.77. The van der Waals surface area contributed by atoms with Crippen LogP contribution in [0, 0.1) is 0 Å². The van der Waals surface area contributed by atoms with E-state index in [-0.39, 0.29) is 18.0 Å². The Hall–Kier alpha value is -2.49. The Morgan fingerprint density at radius 1 is 1.29 bits per heavy atom. The van der Waals surface area contributed by atoms with Crippen LogP contribution in [0.25, 0.3) is 0 Å². The third-order valence-electron chi connectivity index (χ3n) is 5.92. The van der Waals surface area contributed by atoms with E-state index in [0.29, 0.717) is 5.82 Å². The Labute approximate surface area is 185 Å². The second kappa shape index (κ2) is 9.33. The predicted molar refractivity (Wildman–Crippen MR) is 116 cm³/mol. The standard InChI is InChI=1S/C21H27ClN4O5/c1-28-19(29-2)13-23-20(27)24-18-12-17(25-31-18)26-10-8-21(9-11-26)7-6-14-15(22)4-3-5-16(14)30-21/h3-5,12,19H,6-11,13H2,1-2H3,(H2,23,24,27). The molecular weight excluding hydrogens is 424 g/mol. The highest BCUT2D eigenvalue weighted by atomic mass is 35.5. The van der Waals surface area contributed by atoms with Crippen LogP contribution in [0.3, 0.4) is 0 Å². The van der Waals surface area contributed by atoms with Gasteiger partial charge in [0.25, 0.3) is 0 Å². The van der Waals surface area contributed by atoms with Crippen molar-refractivity contribution in [3.63, 3.8) is 0 Å². The summed E-state index contributed by atoms with van der Waals surface area (Å²) in [5, 5.41) is 10.1. The number of ether oxygens (including phenoxy) is 3. The largest absolute Gasteiger partial charge is 0.487 e. The van der Waals surface area contributed by atoms with Crippen LogP contribution in [0.4, 0.5) is 16.5 Å². The minimum atomic E-state index is -0.512. The lowest BCUT2D eigenvalue weighted by Crippen LogP contribution is -2.50. The maximum Gasteiger partial charge on any atom is 0.321 e. The topological polar surface area (TPSA) is 98.1 Å². The monoisotopic (exact) mass is 450 g/mol. The van der Waals surface area contributed by atoms with E-state index in [4.69, 9.17) is 30.3 Å². The summed E-state index contributed by atoms with van der Waals surface area (Å²) < 4.78 is 21.7. The normalized spacial score (nSPS) is 17.4. The molecule has 1 spiro atoms. The Morgan fingerprint density at radius 2 is 2.06 bits per heavy atom. The summed E-state index contributed by atoms with van der Waals surface area (Å²) in [5.74, 6) is 1.86. The molecule has 2 aliphatic rings. The Kier molecular flexibility index (Phi) is 6.54. The third-order valence-corrected chi connectivity index (χ3v) is 6.28. The summed E-state index contributed by atoms with van der Waals surface area (Å²) >= 11 is 6.31. The van der Waals surface area contributed by atoms with E-state index in [2.05, 4.69) is 20.7 Å². The van der Waals surface area contributed by atoms with E-state index in [0.717, 1.165) is 55.1 Å². The van der Waals surface area contributed by atoms with Gasteiger partial charge in [0, 0.05) is 56.8 Å². The van der Waals surface area contributed by atoms with Gasteiger partial charge in [-0.2, -0.15) is 0 Å². The van der Waals surface area contributed by atoms with Crippen LogP contribution < -0.4 is 20.3 Å². The lowest BCUT2D eigenvalue weighted by molar-refractivity contribution is -0.0970. The molecule has 1 saturated heterocycles. The van der Waals surface area contributed by atoms with Gasteiger partial charge in [-0.1, -0.05) is 22.8 Å². The number of rotatable bonds is 6. The first-order valence-corrected chi connectivity index (χ1v) is 10.7. The van der Waals surface area contributed by atoms with Crippen molar-refractivity contribution in [2.45, 2.75) is 37.6 Å². The molecular formula is C21H27ClN4O5. The number of benzene rings is 1. The predicted octanol–water partition coefficient (Wildman–Crippen LogP) is 3.43. The zero-order chi connectivity index (χ0) is 21.8. The fourth-order valence-electron chi connectivity index (χ4n) is 4.08. The van der Waals surface area contributed by atoms with Crippen molar-refractivity contribution in [1.29, 1.82) is 0 Å². The molecule has 2 aliphatic heterocycles. The first kappa shape index (κ1) is 21.7. The summed E-state index contributed by atoms with van der Waals surface area (Å²) in [6.07, 6.45) is 3.12. The zero-order valence-electron chi connectivity index (χ0n) is 17.7. The number of aromatic nitrogens is 1. The molecule has 1 aromatic heterocycles. The molecule has 10 heteroatoms. The summed E-state index contributed by atoms with van der Waals surface area (Å²) in [5.41, 5.74) is 0.933. The highest BCUT2D eigenvalue weighted by Gasteiger charge is 2.40. The number of halogens is 1. The molecule has 3 heterocycles. The van der Waals surface area contributed by atoms with Crippen LogP contribution in [-0.2, 0) is 15.9 Å². The molecule has 4 rings (SSSR count). The van der Waals surface area contributed by atoms with Crippen molar-refractivity contribution in [3.05, 3.63) is 34.9 Å². The summed E-state index contributed by atoms with van der Waals surface area (Å²) in [7, 11) is 3.01. The number of carbonyl (C=O) groups is 1. The number of methoxy groups -OCH3 is 2. The van der Waals surface area contributed by atoms with E-state index in [1.807, 2.05) is 18.2 Å².